The number of hydrogen-bond donors (Lipinski definition) is 0. The van der Waals surface area contributed by atoms with E-state index in [9.17, 15) is 14.9 Å². The quantitative estimate of drug-likeness (QED) is 0.183. The van der Waals surface area contributed by atoms with Gasteiger partial charge in [-0.15, -0.1) is 0 Å². The first-order valence-electron chi connectivity index (χ1n) is 16.9. The predicted octanol–water partition coefficient (Wildman–Crippen LogP) is 6.01. The molecule has 0 bridgehead atoms. The van der Waals surface area contributed by atoms with E-state index in [2.05, 4.69) is 56.1 Å². The van der Waals surface area contributed by atoms with Crippen LogP contribution < -0.4 is 14.8 Å². The predicted molar refractivity (Wildman–Crippen MR) is 198 cm³/mol. The number of piperazine rings is 1. The monoisotopic (exact) mass is 715 g/mol. The number of rotatable bonds is 8. The van der Waals surface area contributed by atoms with Gasteiger partial charge in [0, 0.05) is 31.0 Å². The highest BCUT2D eigenvalue weighted by Crippen LogP contribution is 2.39. The molecule has 0 aliphatic carbocycles. The molecule has 3 heterocycles. The molecule has 51 heavy (non-hydrogen) atoms. The van der Waals surface area contributed by atoms with Crippen LogP contribution in [0.5, 0.6) is 5.75 Å². The number of amides is 2. The van der Waals surface area contributed by atoms with Crippen LogP contribution in [0.2, 0.25) is 5.04 Å². The summed E-state index contributed by atoms with van der Waals surface area (Å²) in [5, 5.41) is 11.9. The van der Waals surface area contributed by atoms with Gasteiger partial charge in [0.1, 0.15) is 23.8 Å². The largest absolute Gasteiger partial charge is 0.534 e. The Morgan fingerprint density at radius 1 is 0.980 bits per heavy atom. The van der Waals surface area contributed by atoms with E-state index in [1.807, 2.05) is 53.1 Å². The highest BCUT2D eigenvalue weighted by molar-refractivity contribution is 7.99. The van der Waals surface area contributed by atoms with Gasteiger partial charge < -0.3 is 18.8 Å². The number of carbonyl (C=O) groups excluding carboxylic acids is 2. The smallest absolute Gasteiger partial charge is 0.319 e. The van der Waals surface area contributed by atoms with Crippen LogP contribution in [0, 0.1) is 17.1 Å². The Hall–Kier alpha value is -5.18. The van der Waals surface area contributed by atoms with Crippen LogP contribution in [0.4, 0.5) is 4.39 Å². The molecule has 258 valence electrons. The summed E-state index contributed by atoms with van der Waals surface area (Å²) in [6.45, 7) is 7.07. The molecule has 5 aromatic rings. The Kier molecular flexibility index (Phi) is 9.31. The minimum absolute atomic E-state index is 0.0597. The molecular weight excluding hydrogens is 678 g/mol. The highest BCUT2D eigenvalue weighted by atomic mass is 32.2. The van der Waals surface area contributed by atoms with Crippen molar-refractivity contribution in [1.29, 1.82) is 5.26 Å². The lowest BCUT2D eigenvalue weighted by Gasteiger charge is -2.43. The molecule has 1 fully saturated rings. The zero-order valence-electron chi connectivity index (χ0n) is 28.8. The fourth-order valence-corrected chi connectivity index (χ4v) is 12.7. The summed E-state index contributed by atoms with van der Waals surface area (Å²) >= 11 is 1.57. The third kappa shape index (κ3) is 6.46. The van der Waals surface area contributed by atoms with Crippen LogP contribution in [0.1, 0.15) is 54.0 Å². The molecule has 2 aliphatic rings. The molecule has 8 nitrogen and oxygen atoms in total. The molecular formula is C40H38FN5O3SSi. The molecule has 1 saturated heterocycles. The summed E-state index contributed by atoms with van der Waals surface area (Å²) in [7, 11) is -2.95. The van der Waals surface area contributed by atoms with Crippen molar-refractivity contribution in [2.45, 2.75) is 43.6 Å². The molecule has 7 rings (SSSR count). The van der Waals surface area contributed by atoms with E-state index in [0.29, 0.717) is 34.9 Å². The molecule has 0 radical (unpaired) electrons. The third-order valence-electron chi connectivity index (χ3n) is 9.76. The van der Waals surface area contributed by atoms with Crippen molar-refractivity contribution in [3.8, 4) is 11.8 Å². The number of carbonyl (C=O) groups is 2. The number of benzene rings is 4. The van der Waals surface area contributed by atoms with Gasteiger partial charge >= 0.3 is 8.32 Å². The number of nitrogens with zero attached hydrogens (tertiary/aromatic N) is 5. The van der Waals surface area contributed by atoms with Gasteiger partial charge in [0.05, 0.1) is 23.9 Å². The van der Waals surface area contributed by atoms with E-state index in [1.54, 1.807) is 52.0 Å². The summed E-state index contributed by atoms with van der Waals surface area (Å²) < 4.78 is 24.5. The van der Waals surface area contributed by atoms with Crippen LogP contribution >= 0.6 is 11.8 Å². The fraction of sp³-hybridized carbons (Fsp3) is 0.250. The Bertz CT molecular complexity index is 2070. The summed E-state index contributed by atoms with van der Waals surface area (Å²) in [6, 6.07) is 34.7. The lowest BCUT2D eigenvalue weighted by molar-refractivity contribution is -0.135. The normalized spacial score (nSPS) is 16.1. The molecule has 0 spiro atoms. The van der Waals surface area contributed by atoms with Gasteiger partial charge in [0.25, 0.3) is 5.91 Å². The average molecular weight is 716 g/mol. The molecule has 1 aromatic heterocycles. The van der Waals surface area contributed by atoms with Crippen molar-refractivity contribution in [3.63, 3.8) is 0 Å². The van der Waals surface area contributed by atoms with E-state index >= 15 is 4.39 Å². The summed E-state index contributed by atoms with van der Waals surface area (Å²) in [6.07, 6.45) is 1.57. The first kappa shape index (κ1) is 34.3. The minimum Gasteiger partial charge on any atom is -0.534 e. The maximum atomic E-state index is 15.4. The van der Waals surface area contributed by atoms with E-state index in [4.69, 9.17) is 4.43 Å². The second kappa shape index (κ2) is 13.9. The van der Waals surface area contributed by atoms with Crippen LogP contribution in [0.25, 0.3) is 0 Å². The Morgan fingerprint density at radius 3 is 2.25 bits per heavy atom. The standard InChI is InChI=1S/C40H38FN5O3SSi/c1-40(2,3)51(32-10-6-4-7-11-32,33-12-8-5-9-13-33)49-31-18-19-34(41)30(22-31)25-44-20-21-45(26-37(44)47)38(48)35-24-43-39-46(35)36(27-50-39)29-16-14-28(23-42)15-17-29/h4-19,22,24,36H,20-21,25-27H2,1-3H3. The second-order valence-corrected chi connectivity index (χ2v) is 19.1. The number of fused-ring (bicyclic) bond motifs is 1. The van der Waals surface area contributed by atoms with E-state index in [0.717, 1.165) is 21.1 Å². The van der Waals surface area contributed by atoms with Crippen LogP contribution in [0.15, 0.2) is 114 Å². The van der Waals surface area contributed by atoms with E-state index in [-0.39, 0.29) is 42.5 Å². The Balaban J connectivity index is 1.09. The minimum atomic E-state index is -2.95. The van der Waals surface area contributed by atoms with Gasteiger partial charge in [-0.25, -0.2) is 9.37 Å². The zero-order valence-corrected chi connectivity index (χ0v) is 30.6. The molecule has 0 N–H and O–H groups in total. The third-order valence-corrected chi connectivity index (χ3v) is 15.8. The summed E-state index contributed by atoms with van der Waals surface area (Å²) in [5.74, 6) is 0.316. The van der Waals surface area contributed by atoms with Crippen LogP contribution in [-0.4, -0.2) is 64.9 Å². The highest BCUT2D eigenvalue weighted by Gasteiger charge is 2.52. The van der Waals surface area contributed by atoms with Gasteiger partial charge in [0.15, 0.2) is 5.16 Å². The number of thioether (sulfide) groups is 1. The van der Waals surface area contributed by atoms with Crippen LogP contribution in [0.3, 0.4) is 0 Å². The van der Waals surface area contributed by atoms with Gasteiger partial charge in [-0.3, -0.25) is 9.59 Å². The number of nitriles is 1. The maximum Gasteiger partial charge on any atom is 0.319 e. The van der Waals surface area contributed by atoms with Crippen LogP contribution in [-0.2, 0) is 11.3 Å². The van der Waals surface area contributed by atoms with Gasteiger partial charge in [0.2, 0.25) is 5.91 Å². The van der Waals surface area contributed by atoms with Crippen molar-refractivity contribution in [3.05, 3.63) is 138 Å². The van der Waals surface area contributed by atoms with Crippen molar-refractivity contribution in [1.82, 2.24) is 19.4 Å². The number of imidazole rings is 1. The van der Waals surface area contributed by atoms with Gasteiger partial charge in [-0.05, 0) is 51.3 Å². The fourth-order valence-electron chi connectivity index (χ4n) is 7.14. The van der Waals surface area contributed by atoms with Crippen molar-refractivity contribution in [2.75, 3.05) is 25.4 Å². The van der Waals surface area contributed by atoms with Crippen molar-refractivity contribution < 1.29 is 18.4 Å². The topological polar surface area (TPSA) is 91.5 Å². The SMILES string of the molecule is CC(C)(C)[Si](Oc1ccc(F)c(CN2CCN(C(=O)c3cnc4n3C(c3ccc(C#N)cc3)CS4)CC2=O)c1)(c1ccccc1)c1ccccc1. The number of halogens is 1. The van der Waals surface area contributed by atoms with Gasteiger partial charge in [-0.2, -0.15) is 5.26 Å². The lowest BCUT2D eigenvalue weighted by atomic mass is 10.1. The number of hydrogen-bond acceptors (Lipinski definition) is 6. The lowest BCUT2D eigenvalue weighted by Crippen LogP contribution is -2.68. The first-order valence-corrected chi connectivity index (χ1v) is 19.8. The second-order valence-electron chi connectivity index (χ2n) is 13.9. The van der Waals surface area contributed by atoms with E-state index in [1.165, 1.54) is 6.07 Å². The first-order chi connectivity index (χ1) is 24.6. The Morgan fingerprint density at radius 2 is 1.65 bits per heavy atom. The molecule has 1 atom stereocenters. The molecule has 2 aliphatic heterocycles. The zero-order chi connectivity index (χ0) is 35.8. The molecule has 4 aromatic carbocycles. The van der Waals surface area contributed by atoms with Crippen molar-refractivity contribution in [2.24, 2.45) is 0 Å². The molecule has 2 amide bonds. The maximum absolute atomic E-state index is 15.4. The van der Waals surface area contributed by atoms with Gasteiger partial charge in [-0.1, -0.05) is 105 Å². The molecule has 11 heteroatoms. The number of aromatic nitrogens is 2. The summed E-state index contributed by atoms with van der Waals surface area (Å²) in [5.41, 5.74) is 2.33. The molecule has 1 unspecified atom stereocenters. The Labute approximate surface area is 302 Å². The average Bonchev–Trinajstić information content (AvgIpc) is 3.76. The van der Waals surface area contributed by atoms with Crippen molar-refractivity contribution >= 4 is 42.3 Å². The molecule has 0 saturated carbocycles. The summed E-state index contributed by atoms with van der Waals surface area (Å²) in [4.78, 5) is 35.0. The van der Waals surface area contributed by atoms with E-state index < -0.39 is 14.1 Å².